The van der Waals surface area contributed by atoms with Crippen LogP contribution in [0.15, 0.2) is 29.2 Å². The van der Waals surface area contributed by atoms with Crippen molar-refractivity contribution in [3.63, 3.8) is 0 Å². The number of rotatable bonds is 5. The molecule has 1 aliphatic carbocycles. The molecule has 1 aromatic carbocycles. The minimum Gasteiger partial charge on any atom is -0.503 e. The maximum atomic E-state index is 13.8. The standard InChI is InChI=1S/C23H25F2N3O5/c24-15-6-5-13(17(25)9-15)10-26-22(32)16-11-27-7-8-28(18-4-2-1-3-14(18)12-29)23(33)19(27)21(31)20(16)30/h5-6,9,11,14,18,29,31H,1-4,7-8,10,12H2,(H,26,32). The lowest BCUT2D eigenvalue weighted by molar-refractivity contribution is 0.0359. The van der Waals surface area contributed by atoms with Gasteiger partial charge in [0.25, 0.3) is 11.8 Å². The molecule has 3 N–H and O–H groups in total. The second-order valence-electron chi connectivity index (χ2n) is 8.47. The van der Waals surface area contributed by atoms with Crippen molar-refractivity contribution in [1.82, 2.24) is 14.8 Å². The molecule has 2 amide bonds. The third kappa shape index (κ3) is 4.35. The number of fused-ring (bicyclic) bond motifs is 1. The highest BCUT2D eigenvalue weighted by atomic mass is 19.1. The molecule has 0 spiro atoms. The largest absolute Gasteiger partial charge is 0.503 e. The molecule has 2 unspecified atom stereocenters. The predicted molar refractivity (Wildman–Crippen MR) is 114 cm³/mol. The lowest BCUT2D eigenvalue weighted by Gasteiger charge is -2.42. The van der Waals surface area contributed by atoms with Gasteiger partial charge in [-0.1, -0.05) is 18.9 Å². The summed E-state index contributed by atoms with van der Waals surface area (Å²) >= 11 is 0. The van der Waals surface area contributed by atoms with Crippen LogP contribution in [0.4, 0.5) is 8.78 Å². The Hall–Kier alpha value is -3.27. The molecular formula is C23H25F2N3O5. The first kappa shape index (κ1) is 22.9. The second kappa shape index (κ2) is 9.30. The van der Waals surface area contributed by atoms with E-state index >= 15 is 0 Å². The van der Waals surface area contributed by atoms with Crippen LogP contribution in [0, 0.1) is 17.6 Å². The molecular weight excluding hydrogens is 436 g/mol. The Labute approximate surface area is 188 Å². The lowest BCUT2D eigenvalue weighted by Crippen LogP contribution is -2.52. The molecule has 0 bridgehead atoms. The first-order valence-electron chi connectivity index (χ1n) is 10.9. The van der Waals surface area contributed by atoms with E-state index in [-0.39, 0.29) is 48.5 Å². The topological polar surface area (TPSA) is 112 Å². The van der Waals surface area contributed by atoms with Crippen molar-refractivity contribution in [2.45, 2.75) is 44.8 Å². The fourth-order valence-corrected chi connectivity index (χ4v) is 4.73. The zero-order chi connectivity index (χ0) is 23.7. The number of nitrogens with one attached hydrogen (secondary N) is 1. The minimum absolute atomic E-state index is 0.0313. The molecule has 4 rings (SSSR count). The summed E-state index contributed by atoms with van der Waals surface area (Å²) in [5.74, 6) is -3.83. The Bertz CT molecular complexity index is 1150. The van der Waals surface area contributed by atoms with E-state index in [2.05, 4.69) is 5.32 Å². The van der Waals surface area contributed by atoms with Gasteiger partial charge in [0.05, 0.1) is 0 Å². The van der Waals surface area contributed by atoms with Crippen molar-refractivity contribution in [3.05, 3.63) is 63.1 Å². The molecule has 1 aromatic heterocycles. The van der Waals surface area contributed by atoms with E-state index in [0.29, 0.717) is 12.6 Å². The fourth-order valence-electron chi connectivity index (χ4n) is 4.73. The average molecular weight is 461 g/mol. The number of aromatic hydroxyl groups is 1. The Balaban J connectivity index is 1.57. The zero-order valence-electron chi connectivity index (χ0n) is 17.9. The van der Waals surface area contributed by atoms with Crippen LogP contribution in [-0.4, -0.2) is 50.7 Å². The first-order chi connectivity index (χ1) is 15.8. The van der Waals surface area contributed by atoms with Gasteiger partial charge in [0, 0.05) is 56.0 Å². The summed E-state index contributed by atoms with van der Waals surface area (Å²) in [6, 6.07) is 2.75. The minimum atomic E-state index is -1.00. The molecule has 1 fully saturated rings. The molecule has 1 aliphatic heterocycles. The number of hydrogen-bond acceptors (Lipinski definition) is 5. The van der Waals surface area contributed by atoms with E-state index in [1.807, 2.05) is 0 Å². The molecule has 2 atom stereocenters. The predicted octanol–water partition coefficient (Wildman–Crippen LogP) is 1.77. The van der Waals surface area contributed by atoms with Crippen LogP contribution in [-0.2, 0) is 13.1 Å². The first-order valence-corrected chi connectivity index (χ1v) is 10.9. The summed E-state index contributed by atoms with van der Waals surface area (Å²) in [5, 5.41) is 22.6. The molecule has 176 valence electrons. The Morgan fingerprint density at radius 3 is 2.64 bits per heavy atom. The summed E-state index contributed by atoms with van der Waals surface area (Å²) in [6.45, 7) is 0.248. The molecule has 2 heterocycles. The van der Waals surface area contributed by atoms with Gasteiger partial charge in [0.15, 0.2) is 11.4 Å². The van der Waals surface area contributed by atoms with Crippen LogP contribution in [0.2, 0.25) is 0 Å². The number of nitrogens with zero attached hydrogens (tertiary/aromatic N) is 2. The summed E-state index contributed by atoms with van der Waals surface area (Å²) in [6.07, 6.45) is 4.66. The van der Waals surface area contributed by atoms with E-state index in [1.54, 1.807) is 4.90 Å². The monoisotopic (exact) mass is 461 g/mol. The number of halogens is 2. The van der Waals surface area contributed by atoms with Crippen LogP contribution in [0.3, 0.4) is 0 Å². The molecule has 1 saturated carbocycles. The fraction of sp³-hybridized carbons (Fsp3) is 0.435. The molecule has 8 nitrogen and oxygen atoms in total. The van der Waals surface area contributed by atoms with Crippen molar-refractivity contribution in [1.29, 1.82) is 0 Å². The Morgan fingerprint density at radius 1 is 1.15 bits per heavy atom. The van der Waals surface area contributed by atoms with Gasteiger partial charge in [-0.05, 0) is 18.9 Å². The van der Waals surface area contributed by atoms with Crippen molar-refractivity contribution in [2.75, 3.05) is 13.2 Å². The number of amides is 2. The number of aromatic nitrogens is 1. The number of carbonyl (C=O) groups is 2. The third-order valence-corrected chi connectivity index (χ3v) is 6.50. The smallest absolute Gasteiger partial charge is 0.274 e. The quantitative estimate of drug-likeness (QED) is 0.629. The highest BCUT2D eigenvalue weighted by Gasteiger charge is 2.38. The van der Waals surface area contributed by atoms with E-state index in [9.17, 15) is 33.4 Å². The summed E-state index contributed by atoms with van der Waals surface area (Å²) in [7, 11) is 0. The van der Waals surface area contributed by atoms with Crippen LogP contribution < -0.4 is 10.7 Å². The van der Waals surface area contributed by atoms with E-state index < -0.39 is 34.6 Å². The van der Waals surface area contributed by atoms with Gasteiger partial charge in [-0.2, -0.15) is 0 Å². The van der Waals surface area contributed by atoms with Gasteiger partial charge in [0.1, 0.15) is 17.2 Å². The number of hydrogen-bond donors (Lipinski definition) is 3. The number of aliphatic hydroxyl groups is 1. The second-order valence-corrected chi connectivity index (χ2v) is 8.47. The van der Waals surface area contributed by atoms with E-state index in [4.69, 9.17) is 0 Å². The van der Waals surface area contributed by atoms with Gasteiger partial charge < -0.3 is 25.0 Å². The van der Waals surface area contributed by atoms with Crippen LogP contribution in [0.5, 0.6) is 5.75 Å². The zero-order valence-corrected chi connectivity index (χ0v) is 17.9. The molecule has 2 aliphatic rings. The number of carbonyl (C=O) groups excluding carboxylic acids is 2. The normalized spacial score (nSPS) is 20.5. The Morgan fingerprint density at radius 2 is 1.91 bits per heavy atom. The van der Waals surface area contributed by atoms with Gasteiger partial charge >= 0.3 is 0 Å². The van der Waals surface area contributed by atoms with Gasteiger partial charge in [-0.3, -0.25) is 14.4 Å². The molecule has 10 heteroatoms. The van der Waals surface area contributed by atoms with E-state index in [0.717, 1.165) is 31.7 Å². The third-order valence-electron chi connectivity index (χ3n) is 6.50. The SMILES string of the molecule is O=C(NCc1ccc(F)cc1F)c1cn2c(c(O)c1=O)C(=O)N(C1CCCCC1CO)CC2. The van der Waals surface area contributed by atoms with Gasteiger partial charge in [0.2, 0.25) is 5.43 Å². The van der Waals surface area contributed by atoms with Crippen molar-refractivity contribution in [3.8, 4) is 5.75 Å². The average Bonchev–Trinajstić information content (AvgIpc) is 2.80. The lowest BCUT2D eigenvalue weighted by atomic mass is 9.83. The van der Waals surface area contributed by atoms with Crippen LogP contribution in [0.25, 0.3) is 0 Å². The molecule has 33 heavy (non-hydrogen) atoms. The van der Waals surface area contributed by atoms with Crippen molar-refractivity contribution >= 4 is 11.8 Å². The molecule has 0 radical (unpaired) electrons. The van der Waals surface area contributed by atoms with Crippen molar-refractivity contribution < 1.29 is 28.6 Å². The van der Waals surface area contributed by atoms with Gasteiger partial charge in [-0.25, -0.2) is 8.78 Å². The Kier molecular flexibility index (Phi) is 6.46. The maximum absolute atomic E-state index is 13.8. The maximum Gasteiger partial charge on any atom is 0.274 e. The highest BCUT2D eigenvalue weighted by molar-refractivity contribution is 5.99. The van der Waals surface area contributed by atoms with Crippen molar-refractivity contribution in [2.24, 2.45) is 5.92 Å². The van der Waals surface area contributed by atoms with Crippen LogP contribution >= 0.6 is 0 Å². The van der Waals surface area contributed by atoms with E-state index in [1.165, 1.54) is 16.8 Å². The number of aliphatic hydroxyl groups excluding tert-OH is 1. The highest BCUT2D eigenvalue weighted by Crippen LogP contribution is 2.31. The number of benzene rings is 1. The summed E-state index contributed by atoms with van der Waals surface area (Å²) in [5.41, 5.74) is -1.54. The molecule has 0 saturated heterocycles. The summed E-state index contributed by atoms with van der Waals surface area (Å²) in [4.78, 5) is 40.0. The van der Waals surface area contributed by atoms with Gasteiger partial charge in [-0.15, -0.1) is 0 Å². The number of pyridine rings is 1. The molecule has 2 aromatic rings. The summed E-state index contributed by atoms with van der Waals surface area (Å²) < 4.78 is 28.2. The van der Waals surface area contributed by atoms with Crippen LogP contribution in [0.1, 0.15) is 52.1 Å².